The summed E-state index contributed by atoms with van der Waals surface area (Å²) < 4.78 is 26.2. The van der Waals surface area contributed by atoms with Crippen LogP contribution < -0.4 is 10.1 Å². The van der Waals surface area contributed by atoms with Crippen molar-refractivity contribution in [2.75, 3.05) is 25.5 Å². The van der Waals surface area contributed by atoms with Crippen LogP contribution in [0.4, 0.5) is 10.1 Å². The number of benzene rings is 2. The van der Waals surface area contributed by atoms with Crippen molar-refractivity contribution in [3.63, 3.8) is 0 Å². The van der Waals surface area contributed by atoms with Crippen LogP contribution in [0.3, 0.4) is 0 Å². The molecule has 3 heterocycles. The number of halogens is 2. The number of hydrogen-bond acceptors (Lipinski definition) is 7. The van der Waals surface area contributed by atoms with Gasteiger partial charge in [0.2, 0.25) is 5.88 Å². The standard InChI is InChI=1S/C33H35ClFN5O4/c1-33(2,3)40-30(21-5-8-24(35)9-6-21)27(19-37-40)31(41)38-25-10-11-28(34)23(17-25)20-39-15-13-26(14-16-39)44-29-12-7-22(18-36-29)32(42)43-4/h5-12,17-19,26H,13-16,20H2,1-4H3,(H,38,41). The molecule has 1 saturated heterocycles. The van der Waals surface area contributed by atoms with E-state index >= 15 is 0 Å². The quantitative estimate of drug-likeness (QED) is 0.223. The van der Waals surface area contributed by atoms with E-state index in [1.54, 1.807) is 47.3 Å². The molecule has 0 bridgehead atoms. The highest BCUT2D eigenvalue weighted by atomic mass is 35.5. The number of methoxy groups -OCH3 is 1. The Morgan fingerprint density at radius 1 is 1.05 bits per heavy atom. The number of anilines is 1. The summed E-state index contributed by atoms with van der Waals surface area (Å²) >= 11 is 6.57. The molecule has 11 heteroatoms. The molecule has 0 aliphatic carbocycles. The molecule has 1 aliphatic heterocycles. The summed E-state index contributed by atoms with van der Waals surface area (Å²) in [5.74, 6) is -0.639. The molecule has 0 saturated carbocycles. The number of ether oxygens (including phenoxy) is 2. The summed E-state index contributed by atoms with van der Waals surface area (Å²) in [6.07, 6.45) is 4.61. The second-order valence-electron chi connectivity index (χ2n) is 11.7. The maximum Gasteiger partial charge on any atom is 0.339 e. The number of rotatable bonds is 8. The molecule has 0 atom stereocenters. The van der Waals surface area contributed by atoms with E-state index in [0.29, 0.717) is 45.5 Å². The highest BCUT2D eigenvalue weighted by Gasteiger charge is 2.26. The van der Waals surface area contributed by atoms with Gasteiger partial charge >= 0.3 is 5.97 Å². The van der Waals surface area contributed by atoms with Gasteiger partial charge in [-0.1, -0.05) is 11.6 Å². The van der Waals surface area contributed by atoms with Gasteiger partial charge in [0.1, 0.15) is 11.9 Å². The highest BCUT2D eigenvalue weighted by molar-refractivity contribution is 6.31. The molecule has 0 radical (unpaired) electrons. The van der Waals surface area contributed by atoms with Crippen LogP contribution >= 0.6 is 11.6 Å². The summed E-state index contributed by atoms with van der Waals surface area (Å²) in [6.45, 7) is 8.20. The average Bonchev–Trinajstić information content (AvgIpc) is 3.47. The van der Waals surface area contributed by atoms with Gasteiger partial charge in [-0.05, 0) is 87.7 Å². The van der Waals surface area contributed by atoms with Crippen LogP contribution in [0.2, 0.25) is 5.02 Å². The van der Waals surface area contributed by atoms with Crippen molar-refractivity contribution >= 4 is 29.2 Å². The molecule has 1 amide bonds. The van der Waals surface area contributed by atoms with Crippen molar-refractivity contribution in [1.82, 2.24) is 19.7 Å². The number of likely N-dealkylation sites (tertiary alicyclic amines) is 1. The Bertz CT molecular complexity index is 1630. The molecule has 0 unspecified atom stereocenters. The van der Waals surface area contributed by atoms with E-state index in [1.807, 2.05) is 26.8 Å². The fourth-order valence-corrected chi connectivity index (χ4v) is 5.34. The van der Waals surface area contributed by atoms with Gasteiger partial charge in [-0.2, -0.15) is 5.10 Å². The number of nitrogens with one attached hydrogen (secondary N) is 1. The first-order chi connectivity index (χ1) is 21.0. The van der Waals surface area contributed by atoms with Crippen molar-refractivity contribution in [3.8, 4) is 17.1 Å². The van der Waals surface area contributed by atoms with Crippen molar-refractivity contribution in [1.29, 1.82) is 0 Å². The number of amides is 1. The lowest BCUT2D eigenvalue weighted by Gasteiger charge is -2.32. The largest absolute Gasteiger partial charge is 0.474 e. The van der Waals surface area contributed by atoms with Gasteiger partial charge in [-0.25, -0.2) is 14.2 Å². The van der Waals surface area contributed by atoms with Gasteiger partial charge in [0, 0.05) is 48.2 Å². The number of piperidine rings is 1. The van der Waals surface area contributed by atoms with E-state index in [1.165, 1.54) is 25.4 Å². The minimum atomic E-state index is -0.439. The van der Waals surface area contributed by atoms with Crippen molar-refractivity contribution in [3.05, 3.63) is 94.5 Å². The van der Waals surface area contributed by atoms with Gasteiger partial charge in [-0.3, -0.25) is 14.4 Å². The fourth-order valence-electron chi connectivity index (χ4n) is 5.17. The minimum absolute atomic E-state index is 0.00754. The smallest absolute Gasteiger partial charge is 0.339 e. The van der Waals surface area contributed by atoms with Crippen molar-refractivity contribution in [2.45, 2.75) is 51.8 Å². The number of carbonyl (C=O) groups is 2. The summed E-state index contributed by atoms with van der Waals surface area (Å²) in [7, 11) is 1.33. The average molecular weight is 620 g/mol. The summed E-state index contributed by atoms with van der Waals surface area (Å²) in [6, 6.07) is 14.8. The molecule has 1 fully saturated rings. The number of esters is 1. The van der Waals surface area contributed by atoms with Crippen LogP contribution in [-0.4, -0.2) is 57.8 Å². The van der Waals surface area contributed by atoms with E-state index in [2.05, 4.69) is 20.3 Å². The number of aromatic nitrogens is 3. The third kappa shape index (κ3) is 7.26. The topological polar surface area (TPSA) is 98.6 Å². The molecule has 230 valence electrons. The van der Waals surface area contributed by atoms with E-state index in [4.69, 9.17) is 21.1 Å². The van der Waals surface area contributed by atoms with E-state index < -0.39 is 11.5 Å². The van der Waals surface area contributed by atoms with Crippen LogP contribution in [0.5, 0.6) is 5.88 Å². The second kappa shape index (κ2) is 13.2. The third-order valence-electron chi connectivity index (χ3n) is 7.44. The van der Waals surface area contributed by atoms with Gasteiger partial charge in [0.05, 0.1) is 35.7 Å². The predicted molar refractivity (Wildman–Crippen MR) is 167 cm³/mol. The number of hydrogen-bond donors (Lipinski definition) is 1. The Morgan fingerprint density at radius 3 is 2.41 bits per heavy atom. The SMILES string of the molecule is COC(=O)c1ccc(OC2CCN(Cc3cc(NC(=O)c4cnn(C(C)(C)C)c4-c4ccc(F)cc4)ccc3Cl)CC2)nc1. The zero-order valence-electron chi connectivity index (χ0n) is 25.1. The molecule has 44 heavy (non-hydrogen) atoms. The second-order valence-corrected chi connectivity index (χ2v) is 12.1. The van der Waals surface area contributed by atoms with Crippen molar-refractivity contribution < 1.29 is 23.5 Å². The molecule has 1 N–H and O–H groups in total. The molecular formula is C33H35ClFN5O4. The minimum Gasteiger partial charge on any atom is -0.474 e. The first-order valence-corrected chi connectivity index (χ1v) is 14.8. The monoisotopic (exact) mass is 619 g/mol. The predicted octanol–water partition coefficient (Wildman–Crippen LogP) is 6.57. The first-order valence-electron chi connectivity index (χ1n) is 14.4. The zero-order chi connectivity index (χ0) is 31.4. The van der Waals surface area contributed by atoms with E-state index in [9.17, 15) is 14.0 Å². The van der Waals surface area contributed by atoms with E-state index in [0.717, 1.165) is 31.5 Å². The Kier molecular flexibility index (Phi) is 9.31. The molecular weight excluding hydrogens is 585 g/mol. The summed E-state index contributed by atoms with van der Waals surface area (Å²) in [4.78, 5) is 31.7. The highest BCUT2D eigenvalue weighted by Crippen LogP contribution is 2.31. The number of pyridine rings is 1. The molecule has 0 spiro atoms. The van der Waals surface area contributed by atoms with Crippen LogP contribution in [0, 0.1) is 5.82 Å². The molecule has 2 aromatic heterocycles. The number of carbonyl (C=O) groups excluding carboxylic acids is 2. The first kappa shape index (κ1) is 31.2. The molecule has 1 aliphatic rings. The van der Waals surface area contributed by atoms with Crippen LogP contribution in [-0.2, 0) is 16.8 Å². The van der Waals surface area contributed by atoms with Crippen LogP contribution in [0.15, 0.2) is 67.0 Å². The lowest BCUT2D eigenvalue weighted by atomic mass is 10.0. The van der Waals surface area contributed by atoms with Gasteiger partial charge in [0.25, 0.3) is 5.91 Å². The molecule has 2 aromatic carbocycles. The maximum atomic E-state index is 13.7. The lowest BCUT2D eigenvalue weighted by Crippen LogP contribution is -2.38. The lowest BCUT2D eigenvalue weighted by molar-refractivity contribution is 0.0599. The summed E-state index contributed by atoms with van der Waals surface area (Å²) in [5, 5.41) is 8.12. The molecule has 4 aromatic rings. The van der Waals surface area contributed by atoms with Gasteiger partial charge < -0.3 is 14.8 Å². The van der Waals surface area contributed by atoms with Gasteiger partial charge in [-0.15, -0.1) is 0 Å². The van der Waals surface area contributed by atoms with Crippen molar-refractivity contribution in [2.24, 2.45) is 0 Å². The number of nitrogens with zero attached hydrogens (tertiary/aromatic N) is 4. The maximum absolute atomic E-state index is 13.7. The molecule has 5 rings (SSSR count). The van der Waals surface area contributed by atoms with Crippen LogP contribution in [0.1, 0.15) is 59.9 Å². The Balaban J connectivity index is 1.23. The van der Waals surface area contributed by atoms with Crippen LogP contribution in [0.25, 0.3) is 11.3 Å². The Hall–Kier alpha value is -4.28. The Morgan fingerprint density at radius 2 is 1.77 bits per heavy atom. The van der Waals surface area contributed by atoms with E-state index in [-0.39, 0.29) is 17.8 Å². The fraction of sp³-hybridized carbons (Fsp3) is 0.333. The Labute approximate surface area is 260 Å². The molecule has 9 nitrogen and oxygen atoms in total. The zero-order valence-corrected chi connectivity index (χ0v) is 25.9. The van der Waals surface area contributed by atoms with Gasteiger partial charge in [0.15, 0.2) is 0 Å². The normalized spacial score (nSPS) is 14.3. The summed E-state index contributed by atoms with van der Waals surface area (Å²) in [5.41, 5.74) is 3.18. The third-order valence-corrected chi connectivity index (χ3v) is 7.81.